The Morgan fingerprint density at radius 1 is 0.960 bits per heavy atom. The third kappa shape index (κ3) is 1.93. The van der Waals surface area contributed by atoms with Crippen LogP contribution in [0.1, 0.15) is 44.2 Å². The lowest BCUT2D eigenvalue weighted by molar-refractivity contribution is -0.170. The summed E-state index contributed by atoms with van der Waals surface area (Å²) in [5.41, 5.74) is 1.30. The minimum Gasteiger partial charge on any atom is -0.392 e. The summed E-state index contributed by atoms with van der Waals surface area (Å²) >= 11 is 0. The predicted molar refractivity (Wildman–Crippen MR) is 100 cm³/mol. The van der Waals surface area contributed by atoms with Crippen molar-refractivity contribution in [2.45, 2.75) is 44.8 Å². The van der Waals surface area contributed by atoms with Gasteiger partial charge in [-0.2, -0.15) is 0 Å². The minimum absolute atomic E-state index is 0.00805. The molecule has 0 unspecified atom stereocenters. The van der Waals surface area contributed by atoms with Crippen LogP contribution in [0.3, 0.4) is 0 Å². The van der Waals surface area contributed by atoms with Crippen LogP contribution in [0.4, 0.5) is 0 Å². The van der Waals surface area contributed by atoms with E-state index in [0.29, 0.717) is 5.92 Å². The van der Waals surface area contributed by atoms with Crippen molar-refractivity contribution in [1.82, 2.24) is 0 Å². The van der Waals surface area contributed by atoms with Crippen molar-refractivity contribution in [2.24, 2.45) is 16.7 Å². The van der Waals surface area contributed by atoms with Crippen LogP contribution in [0.15, 0.2) is 60.7 Å². The van der Waals surface area contributed by atoms with E-state index in [1.54, 1.807) is 0 Å². The zero-order chi connectivity index (χ0) is 17.7. The molecule has 25 heavy (non-hydrogen) atoms. The highest BCUT2D eigenvalue weighted by Gasteiger charge is 2.73. The van der Waals surface area contributed by atoms with Crippen LogP contribution in [0, 0.1) is 16.7 Å². The van der Waals surface area contributed by atoms with Crippen molar-refractivity contribution in [3.05, 3.63) is 71.8 Å². The van der Waals surface area contributed by atoms with Gasteiger partial charge in [-0.1, -0.05) is 74.5 Å². The number of aliphatic hydroxyl groups excluding tert-OH is 1. The number of fused-ring (bicyclic) bond motifs is 2. The molecule has 2 aliphatic rings. The van der Waals surface area contributed by atoms with Gasteiger partial charge in [0.2, 0.25) is 0 Å². The molecular formula is C23H28O2. The van der Waals surface area contributed by atoms with Crippen molar-refractivity contribution in [1.29, 1.82) is 0 Å². The summed E-state index contributed by atoms with van der Waals surface area (Å²) in [7, 11) is 1.81. The van der Waals surface area contributed by atoms with Crippen molar-refractivity contribution >= 4 is 0 Å². The summed E-state index contributed by atoms with van der Waals surface area (Å²) in [5, 5.41) is 11.3. The Bertz CT molecular complexity index is 698. The van der Waals surface area contributed by atoms with Gasteiger partial charge in [-0.3, -0.25) is 0 Å². The first-order valence-corrected chi connectivity index (χ1v) is 9.35. The molecule has 0 aliphatic heterocycles. The van der Waals surface area contributed by atoms with E-state index >= 15 is 0 Å². The van der Waals surface area contributed by atoms with E-state index in [1.165, 1.54) is 0 Å². The van der Waals surface area contributed by atoms with Crippen LogP contribution >= 0.6 is 0 Å². The maximum atomic E-state index is 11.3. The molecule has 0 aromatic heterocycles. The van der Waals surface area contributed by atoms with Crippen molar-refractivity contribution in [3.63, 3.8) is 0 Å². The van der Waals surface area contributed by atoms with Gasteiger partial charge in [0.1, 0.15) is 5.60 Å². The molecule has 0 amide bonds. The maximum Gasteiger partial charge on any atom is 0.126 e. The second-order valence-electron chi connectivity index (χ2n) is 8.30. The summed E-state index contributed by atoms with van der Waals surface area (Å²) < 4.78 is 6.46. The Morgan fingerprint density at radius 3 is 1.84 bits per heavy atom. The Hall–Kier alpha value is -1.64. The molecule has 2 fully saturated rings. The fourth-order valence-electron chi connectivity index (χ4n) is 6.24. The van der Waals surface area contributed by atoms with Gasteiger partial charge in [-0.05, 0) is 41.7 Å². The molecule has 2 aromatic rings. The summed E-state index contributed by atoms with van der Waals surface area (Å²) in [5.74, 6) is 0.546. The number of rotatable bonds is 4. The Balaban J connectivity index is 2.06. The molecule has 2 aromatic carbocycles. The van der Waals surface area contributed by atoms with E-state index in [2.05, 4.69) is 62.4 Å². The Labute approximate surface area is 150 Å². The lowest BCUT2D eigenvalue weighted by Crippen LogP contribution is -2.57. The molecule has 2 aliphatic carbocycles. The predicted octanol–water partition coefficient (Wildman–Crippen LogP) is 4.76. The van der Waals surface area contributed by atoms with E-state index in [-0.39, 0.29) is 16.9 Å². The molecule has 0 heterocycles. The molecular weight excluding hydrogens is 308 g/mol. The number of hydrogen-bond acceptors (Lipinski definition) is 2. The van der Waals surface area contributed by atoms with Gasteiger partial charge in [-0.25, -0.2) is 0 Å². The molecule has 4 rings (SSSR count). The van der Waals surface area contributed by atoms with Gasteiger partial charge in [0.15, 0.2) is 0 Å². The first-order chi connectivity index (χ1) is 12.0. The molecule has 2 heteroatoms. The van der Waals surface area contributed by atoms with Gasteiger partial charge in [-0.15, -0.1) is 0 Å². The molecule has 0 spiro atoms. The van der Waals surface area contributed by atoms with Crippen LogP contribution in [-0.4, -0.2) is 18.3 Å². The number of hydrogen-bond donors (Lipinski definition) is 1. The van der Waals surface area contributed by atoms with Crippen LogP contribution in [0.2, 0.25) is 0 Å². The Morgan fingerprint density at radius 2 is 1.48 bits per heavy atom. The average molecular weight is 336 g/mol. The summed E-state index contributed by atoms with van der Waals surface area (Å²) in [4.78, 5) is 0. The third-order valence-electron chi connectivity index (χ3n) is 7.43. The molecule has 2 saturated carbocycles. The highest BCUT2D eigenvalue weighted by molar-refractivity contribution is 5.43. The Kier molecular flexibility index (Phi) is 3.82. The highest BCUT2D eigenvalue weighted by atomic mass is 16.5. The van der Waals surface area contributed by atoms with Crippen LogP contribution < -0.4 is 0 Å². The number of ether oxygens (including phenoxy) is 1. The van der Waals surface area contributed by atoms with E-state index in [1.807, 2.05) is 19.2 Å². The summed E-state index contributed by atoms with van der Waals surface area (Å²) in [6, 6.07) is 21.0. The monoisotopic (exact) mass is 336 g/mol. The summed E-state index contributed by atoms with van der Waals surface area (Å²) in [6.07, 6.45) is 2.66. The number of methoxy groups -OCH3 is 1. The van der Waals surface area contributed by atoms with Crippen molar-refractivity contribution < 1.29 is 9.84 Å². The lowest BCUT2D eigenvalue weighted by Gasteiger charge is -2.55. The minimum atomic E-state index is -0.649. The number of aliphatic hydroxyl groups is 1. The van der Waals surface area contributed by atoms with Crippen LogP contribution in [0.5, 0.6) is 0 Å². The SMILES string of the molecule is COC(c1ccccc1)(c1ccccc1)[C@@]12CC[C@@H](C[C@@H]1O)C2(C)C. The van der Waals surface area contributed by atoms with Gasteiger partial charge >= 0.3 is 0 Å². The average Bonchev–Trinajstić information content (AvgIpc) is 3.01. The molecule has 3 atom stereocenters. The number of benzene rings is 2. The van der Waals surface area contributed by atoms with Crippen molar-refractivity contribution in [2.75, 3.05) is 7.11 Å². The fourth-order valence-corrected chi connectivity index (χ4v) is 6.24. The van der Waals surface area contributed by atoms with Gasteiger partial charge < -0.3 is 9.84 Å². The standard InChI is InChI=1S/C23H28O2/c1-21(2)19-14-15-22(21,20(24)16-19)23(25-3,17-10-6-4-7-11-17)18-12-8-5-9-13-18/h4-13,19-20,24H,14-16H2,1-3H3/t19-,20-,22-/m0/s1. The van der Waals surface area contributed by atoms with Gasteiger partial charge in [0.25, 0.3) is 0 Å². The van der Waals surface area contributed by atoms with E-state index < -0.39 is 5.60 Å². The largest absolute Gasteiger partial charge is 0.392 e. The smallest absolute Gasteiger partial charge is 0.126 e. The van der Waals surface area contributed by atoms with Crippen molar-refractivity contribution in [3.8, 4) is 0 Å². The van der Waals surface area contributed by atoms with E-state index in [9.17, 15) is 5.11 Å². The summed E-state index contributed by atoms with van der Waals surface area (Å²) in [6.45, 7) is 4.67. The third-order valence-corrected chi connectivity index (χ3v) is 7.43. The molecule has 1 N–H and O–H groups in total. The molecule has 0 saturated heterocycles. The van der Waals surface area contributed by atoms with Gasteiger partial charge in [0.05, 0.1) is 6.10 Å². The first kappa shape index (κ1) is 16.8. The molecule has 132 valence electrons. The van der Waals surface area contributed by atoms with Crippen LogP contribution in [-0.2, 0) is 10.3 Å². The molecule has 2 nitrogen and oxygen atoms in total. The van der Waals surface area contributed by atoms with Gasteiger partial charge in [0, 0.05) is 12.5 Å². The lowest BCUT2D eigenvalue weighted by atomic mass is 9.54. The quantitative estimate of drug-likeness (QED) is 0.872. The molecule has 0 radical (unpaired) electrons. The highest BCUT2D eigenvalue weighted by Crippen LogP contribution is 2.73. The maximum absolute atomic E-state index is 11.3. The zero-order valence-electron chi connectivity index (χ0n) is 15.4. The fraction of sp³-hybridized carbons (Fsp3) is 0.478. The topological polar surface area (TPSA) is 29.5 Å². The van der Waals surface area contributed by atoms with E-state index in [0.717, 1.165) is 30.4 Å². The second kappa shape index (κ2) is 5.69. The first-order valence-electron chi connectivity index (χ1n) is 9.35. The zero-order valence-corrected chi connectivity index (χ0v) is 15.4. The normalized spacial score (nSPS) is 30.6. The van der Waals surface area contributed by atoms with Crippen LogP contribution in [0.25, 0.3) is 0 Å². The molecule has 2 bridgehead atoms. The van der Waals surface area contributed by atoms with E-state index in [4.69, 9.17) is 4.74 Å². The second-order valence-corrected chi connectivity index (χ2v) is 8.30.